The smallest absolute Gasteiger partial charge is 0.151 e. The molecule has 0 bridgehead atoms. The van der Waals surface area contributed by atoms with E-state index >= 15 is 0 Å². The van der Waals surface area contributed by atoms with Crippen LogP contribution in [0.25, 0.3) is 0 Å². The van der Waals surface area contributed by atoms with E-state index < -0.39 is 5.60 Å². The van der Waals surface area contributed by atoms with Crippen LogP contribution in [0.2, 0.25) is 0 Å². The number of thioether (sulfide) groups is 1. The summed E-state index contributed by atoms with van der Waals surface area (Å²) in [5.74, 6) is 1.82. The molecule has 9 heavy (non-hydrogen) atoms. The lowest BCUT2D eigenvalue weighted by Crippen LogP contribution is -2.34. The molecule has 0 amide bonds. The summed E-state index contributed by atoms with van der Waals surface area (Å²) in [5.41, 5.74) is -0.981. The third-order valence-corrected chi connectivity index (χ3v) is 2.56. The van der Waals surface area contributed by atoms with Crippen molar-refractivity contribution in [2.24, 2.45) is 0 Å². The summed E-state index contributed by atoms with van der Waals surface area (Å²) in [7, 11) is 0. The molecule has 52 valence electrons. The van der Waals surface area contributed by atoms with Crippen molar-refractivity contribution in [2.45, 2.75) is 18.4 Å². The monoisotopic (exact) mass is 146 g/mol. The largest absolute Gasteiger partial charge is 0.382 e. The van der Waals surface area contributed by atoms with Gasteiger partial charge >= 0.3 is 0 Å². The molecule has 0 radical (unpaired) electrons. The molecule has 0 aromatic heterocycles. The van der Waals surface area contributed by atoms with Crippen LogP contribution >= 0.6 is 11.8 Å². The van der Waals surface area contributed by atoms with Crippen molar-refractivity contribution in [3.05, 3.63) is 0 Å². The lowest BCUT2D eigenvalue weighted by Gasteiger charge is -2.25. The minimum Gasteiger partial charge on any atom is -0.382 e. The van der Waals surface area contributed by atoms with Gasteiger partial charge in [0.2, 0.25) is 0 Å². The van der Waals surface area contributed by atoms with Gasteiger partial charge in [0.05, 0.1) is 0 Å². The number of rotatable bonds is 1. The van der Waals surface area contributed by atoms with Crippen LogP contribution in [0.1, 0.15) is 12.8 Å². The molecule has 1 N–H and O–H groups in total. The molecule has 1 aliphatic rings. The SMILES string of the molecule is O=CC1(O)CCSCC1. The topological polar surface area (TPSA) is 37.3 Å². The van der Waals surface area contributed by atoms with Gasteiger partial charge in [-0.3, -0.25) is 0 Å². The van der Waals surface area contributed by atoms with E-state index in [9.17, 15) is 9.90 Å². The predicted molar refractivity (Wildman–Crippen MR) is 37.6 cm³/mol. The molecule has 1 saturated heterocycles. The van der Waals surface area contributed by atoms with Gasteiger partial charge in [-0.2, -0.15) is 11.8 Å². The molecule has 0 aliphatic carbocycles. The van der Waals surface area contributed by atoms with Crippen molar-refractivity contribution >= 4 is 18.0 Å². The summed E-state index contributed by atoms with van der Waals surface area (Å²) in [5, 5.41) is 9.30. The van der Waals surface area contributed by atoms with Gasteiger partial charge in [0.1, 0.15) is 5.60 Å². The third kappa shape index (κ3) is 1.69. The molecule has 0 aromatic rings. The Morgan fingerprint density at radius 1 is 1.44 bits per heavy atom. The van der Waals surface area contributed by atoms with Crippen molar-refractivity contribution in [1.82, 2.24) is 0 Å². The summed E-state index contributed by atoms with van der Waals surface area (Å²) in [6.07, 6.45) is 1.93. The van der Waals surface area contributed by atoms with E-state index in [4.69, 9.17) is 0 Å². The summed E-state index contributed by atoms with van der Waals surface area (Å²) < 4.78 is 0. The summed E-state index contributed by atoms with van der Waals surface area (Å²) >= 11 is 1.79. The Kier molecular flexibility index (Phi) is 2.13. The number of hydrogen-bond acceptors (Lipinski definition) is 3. The fourth-order valence-corrected chi connectivity index (χ4v) is 2.04. The van der Waals surface area contributed by atoms with Crippen molar-refractivity contribution in [3.8, 4) is 0 Å². The lowest BCUT2D eigenvalue weighted by molar-refractivity contribution is -0.124. The highest BCUT2D eigenvalue weighted by atomic mass is 32.2. The summed E-state index contributed by atoms with van der Waals surface area (Å²) in [4.78, 5) is 10.2. The Morgan fingerprint density at radius 3 is 2.33 bits per heavy atom. The second-order valence-corrected chi connectivity index (χ2v) is 3.56. The van der Waals surface area contributed by atoms with Gasteiger partial charge in [0.25, 0.3) is 0 Å². The standard InChI is InChI=1S/C6H10O2S/c7-5-6(8)1-3-9-4-2-6/h5,8H,1-4H2. The average molecular weight is 146 g/mol. The van der Waals surface area contributed by atoms with Crippen LogP contribution < -0.4 is 0 Å². The first kappa shape index (κ1) is 7.09. The minimum atomic E-state index is -0.981. The molecule has 1 heterocycles. The molecular formula is C6H10O2S. The second-order valence-electron chi connectivity index (χ2n) is 2.33. The van der Waals surface area contributed by atoms with Crippen molar-refractivity contribution in [2.75, 3.05) is 11.5 Å². The van der Waals surface area contributed by atoms with E-state index in [2.05, 4.69) is 0 Å². The Labute approximate surface area is 58.6 Å². The van der Waals surface area contributed by atoms with Gasteiger partial charge < -0.3 is 9.90 Å². The molecule has 1 fully saturated rings. The predicted octanol–water partition coefficient (Wildman–Crippen LogP) is 0.443. The van der Waals surface area contributed by atoms with Crippen molar-refractivity contribution < 1.29 is 9.90 Å². The van der Waals surface area contributed by atoms with Gasteiger partial charge in [-0.1, -0.05) is 0 Å². The first-order valence-corrected chi connectivity index (χ1v) is 4.19. The number of hydrogen-bond donors (Lipinski definition) is 1. The Hall–Kier alpha value is -0.0200. The molecule has 0 spiro atoms. The zero-order chi connectivity index (χ0) is 6.74. The number of carbonyl (C=O) groups is 1. The van der Waals surface area contributed by atoms with Crippen molar-refractivity contribution in [3.63, 3.8) is 0 Å². The normalized spacial score (nSPS) is 25.4. The van der Waals surface area contributed by atoms with E-state index in [0.717, 1.165) is 11.5 Å². The van der Waals surface area contributed by atoms with Crippen LogP contribution in [0.3, 0.4) is 0 Å². The summed E-state index contributed by atoms with van der Waals surface area (Å²) in [6, 6.07) is 0. The maximum absolute atomic E-state index is 10.2. The molecule has 1 rings (SSSR count). The highest BCUT2D eigenvalue weighted by Gasteiger charge is 2.28. The Balaban J connectivity index is 2.46. The fraction of sp³-hybridized carbons (Fsp3) is 0.833. The average Bonchev–Trinajstić information content (AvgIpc) is 1.90. The molecule has 0 atom stereocenters. The second kappa shape index (κ2) is 2.71. The van der Waals surface area contributed by atoms with E-state index in [1.165, 1.54) is 0 Å². The lowest BCUT2D eigenvalue weighted by atomic mass is 9.99. The fourth-order valence-electron chi connectivity index (χ4n) is 0.843. The summed E-state index contributed by atoms with van der Waals surface area (Å²) in [6.45, 7) is 0. The van der Waals surface area contributed by atoms with Gasteiger partial charge in [0, 0.05) is 0 Å². The number of aldehydes is 1. The first-order valence-electron chi connectivity index (χ1n) is 3.03. The van der Waals surface area contributed by atoms with Crippen LogP contribution in [-0.4, -0.2) is 28.5 Å². The quantitative estimate of drug-likeness (QED) is 0.545. The minimum absolute atomic E-state index is 0.626. The van der Waals surface area contributed by atoms with E-state index in [1.54, 1.807) is 11.8 Å². The maximum Gasteiger partial charge on any atom is 0.151 e. The van der Waals surface area contributed by atoms with E-state index in [-0.39, 0.29) is 0 Å². The van der Waals surface area contributed by atoms with E-state index in [0.29, 0.717) is 19.1 Å². The number of aliphatic hydroxyl groups is 1. The highest BCUT2D eigenvalue weighted by molar-refractivity contribution is 7.99. The Bertz CT molecular complexity index is 108. The van der Waals surface area contributed by atoms with Gasteiger partial charge in [-0.25, -0.2) is 0 Å². The molecule has 0 aromatic carbocycles. The van der Waals surface area contributed by atoms with Crippen molar-refractivity contribution in [1.29, 1.82) is 0 Å². The van der Waals surface area contributed by atoms with Gasteiger partial charge in [-0.15, -0.1) is 0 Å². The molecule has 3 heteroatoms. The first-order chi connectivity index (χ1) is 4.27. The van der Waals surface area contributed by atoms with E-state index in [1.807, 2.05) is 0 Å². The van der Waals surface area contributed by atoms with Crippen LogP contribution in [0, 0.1) is 0 Å². The third-order valence-electron chi connectivity index (χ3n) is 1.58. The van der Waals surface area contributed by atoms with Crippen LogP contribution in [0.15, 0.2) is 0 Å². The van der Waals surface area contributed by atoms with Crippen LogP contribution in [-0.2, 0) is 4.79 Å². The molecule has 1 aliphatic heterocycles. The Morgan fingerprint density at radius 2 is 2.00 bits per heavy atom. The van der Waals surface area contributed by atoms with Crippen LogP contribution in [0.4, 0.5) is 0 Å². The zero-order valence-electron chi connectivity index (χ0n) is 5.17. The molecule has 0 unspecified atom stereocenters. The van der Waals surface area contributed by atoms with Crippen LogP contribution in [0.5, 0.6) is 0 Å². The molecular weight excluding hydrogens is 136 g/mol. The van der Waals surface area contributed by atoms with Gasteiger partial charge in [0.15, 0.2) is 6.29 Å². The highest BCUT2D eigenvalue weighted by Crippen LogP contribution is 2.24. The zero-order valence-corrected chi connectivity index (χ0v) is 5.99. The number of carbonyl (C=O) groups excluding carboxylic acids is 1. The van der Waals surface area contributed by atoms with Gasteiger partial charge in [-0.05, 0) is 24.3 Å². The molecule has 2 nitrogen and oxygen atoms in total. The maximum atomic E-state index is 10.2. The molecule has 0 saturated carbocycles.